The molecule has 1 aliphatic rings. The summed E-state index contributed by atoms with van der Waals surface area (Å²) in [6.45, 7) is 0.569. The van der Waals surface area contributed by atoms with E-state index in [1.807, 2.05) is 4.57 Å². The number of hydrogen-bond acceptors (Lipinski definition) is 3. The average Bonchev–Trinajstić information content (AvgIpc) is 2.20. The first-order chi connectivity index (χ1) is 7.16. The predicted molar refractivity (Wildman–Crippen MR) is 57.2 cm³/mol. The third kappa shape index (κ3) is 2.15. The number of rotatable bonds is 1. The topological polar surface area (TPSA) is 66.9 Å². The van der Waals surface area contributed by atoms with E-state index in [1.54, 1.807) is 6.20 Å². The van der Waals surface area contributed by atoms with Crippen molar-refractivity contribution in [3.63, 3.8) is 0 Å². The van der Waals surface area contributed by atoms with Gasteiger partial charge in [0.15, 0.2) is 4.77 Å². The zero-order chi connectivity index (χ0) is 10.8. The smallest absolute Gasteiger partial charge is 0.251 e. The number of hydrogen-bond donors (Lipinski definition) is 2. The molecule has 1 aromatic rings. The molecule has 5 nitrogen and oxygen atoms in total. The number of aromatic nitrogens is 2. The van der Waals surface area contributed by atoms with E-state index in [4.69, 9.17) is 12.2 Å². The molecule has 15 heavy (non-hydrogen) atoms. The molecular formula is C9H11N3O2S. The summed E-state index contributed by atoms with van der Waals surface area (Å²) in [6, 6.07) is 1.58. The van der Waals surface area contributed by atoms with Crippen LogP contribution < -0.4 is 10.9 Å². The van der Waals surface area contributed by atoms with E-state index in [0.717, 1.165) is 6.42 Å². The van der Waals surface area contributed by atoms with Crippen molar-refractivity contribution in [1.29, 1.82) is 0 Å². The van der Waals surface area contributed by atoms with Crippen LogP contribution in [0.3, 0.4) is 0 Å². The Labute approximate surface area is 91.1 Å². The van der Waals surface area contributed by atoms with Gasteiger partial charge in [0.2, 0.25) is 5.91 Å². The molecule has 1 fully saturated rings. The van der Waals surface area contributed by atoms with E-state index in [2.05, 4.69) is 10.3 Å². The number of amides is 1. The van der Waals surface area contributed by atoms with E-state index >= 15 is 0 Å². The summed E-state index contributed by atoms with van der Waals surface area (Å²) in [4.78, 5) is 24.5. The Morgan fingerprint density at radius 3 is 2.87 bits per heavy atom. The second-order valence-electron chi connectivity index (χ2n) is 3.51. The quantitative estimate of drug-likeness (QED) is 0.678. The highest BCUT2D eigenvalue weighted by molar-refractivity contribution is 7.71. The minimum atomic E-state index is -0.198. The predicted octanol–water partition coefficient (Wildman–Crippen LogP) is 0.357. The Morgan fingerprint density at radius 2 is 2.27 bits per heavy atom. The number of carbonyl (C=O) groups is 1. The lowest BCUT2D eigenvalue weighted by molar-refractivity contribution is -0.122. The maximum Gasteiger partial charge on any atom is 0.251 e. The maximum atomic E-state index is 11.0. The van der Waals surface area contributed by atoms with E-state index in [1.165, 1.54) is 6.07 Å². The van der Waals surface area contributed by atoms with Crippen LogP contribution in [0, 0.1) is 4.77 Å². The van der Waals surface area contributed by atoms with Gasteiger partial charge in [-0.25, -0.2) is 0 Å². The zero-order valence-electron chi connectivity index (χ0n) is 8.03. The van der Waals surface area contributed by atoms with Crippen LogP contribution in [0.15, 0.2) is 17.1 Å². The lowest BCUT2D eigenvalue weighted by Crippen LogP contribution is -2.36. The van der Waals surface area contributed by atoms with Crippen LogP contribution in [-0.2, 0) is 4.79 Å². The molecule has 1 amide bonds. The fourth-order valence-corrected chi connectivity index (χ4v) is 1.98. The highest BCUT2D eigenvalue weighted by Crippen LogP contribution is 2.16. The fraction of sp³-hybridized carbons (Fsp3) is 0.444. The molecule has 0 spiro atoms. The molecule has 2 N–H and O–H groups in total. The molecule has 6 heteroatoms. The van der Waals surface area contributed by atoms with Crippen molar-refractivity contribution in [3.8, 4) is 0 Å². The second kappa shape index (κ2) is 3.98. The van der Waals surface area contributed by atoms with Gasteiger partial charge >= 0.3 is 0 Å². The van der Waals surface area contributed by atoms with Gasteiger partial charge in [0.05, 0.1) is 6.04 Å². The number of carbonyl (C=O) groups excluding carboxylic acids is 1. The molecule has 0 radical (unpaired) electrons. The van der Waals surface area contributed by atoms with Crippen LogP contribution in [0.4, 0.5) is 0 Å². The molecule has 1 aromatic heterocycles. The van der Waals surface area contributed by atoms with Gasteiger partial charge in [0.25, 0.3) is 5.56 Å². The summed E-state index contributed by atoms with van der Waals surface area (Å²) in [5.41, 5.74) is -0.198. The van der Waals surface area contributed by atoms with Crippen molar-refractivity contribution < 1.29 is 4.79 Å². The summed E-state index contributed by atoms with van der Waals surface area (Å²) in [7, 11) is 0. The van der Waals surface area contributed by atoms with Gasteiger partial charge in [-0.3, -0.25) is 14.6 Å². The summed E-state index contributed by atoms with van der Waals surface area (Å²) in [5.74, 6) is 0.0715. The molecule has 1 aliphatic heterocycles. The monoisotopic (exact) mass is 225 g/mol. The first-order valence-electron chi connectivity index (χ1n) is 4.75. The normalized spacial score (nSPS) is 21.1. The van der Waals surface area contributed by atoms with Crippen molar-refractivity contribution in [2.75, 3.05) is 6.54 Å². The van der Waals surface area contributed by atoms with Gasteiger partial charge in [-0.2, -0.15) is 0 Å². The standard InChI is InChI=1S/C9H11N3O2S/c13-7-2-1-6(5-10-7)12-4-3-8(14)11-9(12)15/h3-4,6H,1-2,5H2,(H,10,13)(H,11,14,15). The molecular weight excluding hydrogens is 214 g/mol. The van der Waals surface area contributed by atoms with Crippen LogP contribution in [0.5, 0.6) is 0 Å². The van der Waals surface area contributed by atoms with Crippen molar-refractivity contribution in [2.45, 2.75) is 18.9 Å². The first kappa shape index (κ1) is 10.1. The Hall–Kier alpha value is -1.43. The summed E-state index contributed by atoms with van der Waals surface area (Å²) in [5, 5.41) is 2.77. The van der Waals surface area contributed by atoms with Crippen LogP contribution in [0.2, 0.25) is 0 Å². The summed E-state index contributed by atoms with van der Waals surface area (Å²) in [6.07, 6.45) is 2.93. The maximum absolute atomic E-state index is 11.0. The van der Waals surface area contributed by atoms with Crippen LogP contribution in [0.1, 0.15) is 18.9 Å². The third-order valence-electron chi connectivity index (χ3n) is 2.48. The van der Waals surface area contributed by atoms with Gasteiger partial charge in [-0.15, -0.1) is 0 Å². The van der Waals surface area contributed by atoms with Crippen LogP contribution in [0.25, 0.3) is 0 Å². The van der Waals surface area contributed by atoms with Crippen molar-refractivity contribution >= 4 is 18.1 Å². The van der Waals surface area contributed by atoms with Gasteiger partial charge in [-0.05, 0) is 18.6 Å². The molecule has 80 valence electrons. The van der Waals surface area contributed by atoms with E-state index in [9.17, 15) is 9.59 Å². The van der Waals surface area contributed by atoms with E-state index in [0.29, 0.717) is 17.7 Å². The average molecular weight is 225 g/mol. The highest BCUT2D eigenvalue weighted by Gasteiger charge is 2.19. The van der Waals surface area contributed by atoms with Gasteiger partial charge in [0.1, 0.15) is 0 Å². The SMILES string of the molecule is O=C1CCC(n2ccc(=O)[nH]c2=S)CN1. The van der Waals surface area contributed by atoms with Crippen molar-refractivity contribution in [2.24, 2.45) is 0 Å². The van der Waals surface area contributed by atoms with Crippen molar-refractivity contribution in [3.05, 3.63) is 27.4 Å². The molecule has 2 rings (SSSR count). The van der Waals surface area contributed by atoms with Gasteiger partial charge in [0, 0.05) is 25.2 Å². The van der Waals surface area contributed by atoms with E-state index in [-0.39, 0.29) is 17.5 Å². The lowest BCUT2D eigenvalue weighted by Gasteiger charge is -2.24. The molecule has 0 saturated carbocycles. The molecule has 1 saturated heterocycles. The number of piperidine rings is 1. The van der Waals surface area contributed by atoms with Crippen LogP contribution in [-0.4, -0.2) is 22.0 Å². The third-order valence-corrected chi connectivity index (χ3v) is 2.80. The van der Waals surface area contributed by atoms with Crippen molar-refractivity contribution in [1.82, 2.24) is 14.9 Å². The number of nitrogens with one attached hydrogen (secondary N) is 2. The molecule has 0 bridgehead atoms. The zero-order valence-corrected chi connectivity index (χ0v) is 8.84. The lowest BCUT2D eigenvalue weighted by atomic mass is 10.1. The first-order valence-corrected chi connectivity index (χ1v) is 5.16. The molecule has 0 aromatic carbocycles. The molecule has 2 heterocycles. The molecule has 1 unspecified atom stereocenters. The number of nitrogens with zero attached hydrogens (tertiary/aromatic N) is 1. The molecule has 1 atom stereocenters. The second-order valence-corrected chi connectivity index (χ2v) is 3.90. The Kier molecular flexibility index (Phi) is 2.68. The Balaban J connectivity index is 2.26. The highest BCUT2D eigenvalue weighted by atomic mass is 32.1. The number of aromatic amines is 1. The van der Waals surface area contributed by atoms with E-state index < -0.39 is 0 Å². The Bertz CT molecular complexity index is 481. The Morgan fingerprint density at radius 1 is 1.47 bits per heavy atom. The van der Waals surface area contributed by atoms with Crippen LogP contribution >= 0.6 is 12.2 Å². The fourth-order valence-electron chi connectivity index (χ4n) is 1.67. The van der Waals surface area contributed by atoms with Gasteiger partial charge in [-0.1, -0.05) is 0 Å². The van der Waals surface area contributed by atoms with Gasteiger partial charge < -0.3 is 9.88 Å². The minimum Gasteiger partial charge on any atom is -0.354 e. The summed E-state index contributed by atoms with van der Waals surface area (Å²) < 4.78 is 2.22. The number of H-pyrrole nitrogens is 1. The summed E-state index contributed by atoms with van der Waals surface area (Å²) >= 11 is 5.04. The minimum absolute atomic E-state index is 0.0715. The largest absolute Gasteiger partial charge is 0.354 e. The molecule has 0 aliphatic carbocycles.